The van der Waals surface area contributed by atoms with Crippen LogP contribution in [0.25, 0.3) is 0 Å². The van der Waals surface area contributed by atoms with Gasteiger partial charge in [0.1, 0.15) is 0 Å². The number of rotatable bonds is 4. The van der Waals surface area contributed by atoms with Crippen molar-refractivity contribution in [3.8, 4) is 0 Å². The summed E-state index contributed by atoms with van der Waals surface area (Å²) in [5.74, 6) is 0.561. The molecular formula is C14H28N2O. The minimum Gasteiger partial charge on any atom is -0.377 e. The molecule has 3 atom stereocenters. The van der Waals surface area contributed by atoms with Crippen molar-refractivity contribution in [2.45, 2.75) is 51.7 Å². The molecule has 1 saturated carbocycles. The maximum atomic E-state index is 6.74. The molecule has 3 heteroatoms. The van der Waals surface area contributed by atoms with Crippen molar-refractivity contribution < 1.29 is 4.74 Å². The molecule has 3 nitrogen and oxygen atoms in total. The molecule has 0 aromatic heterocycles. The topological polar surface area (TPSA) is 38.5 Å². The zero-order valence-electron chi connectivity index (χ0n) is 11.8. The molecule has 1 heterocycles. The van der Waals surface area contributed by atoms with Crippen LogP contribution in [0.4, 0.5) is 0 Å². The lowest BCUT2D eigenvalue weighted by molar-refractivity contribution is -0.231. The normalized spacial score (nSPS) is 39.9. The van der Waals surface area contributed by atoms with E-state index in [0.717, 1.165) is 19.7 Å². The number of nitrogens with zero attached hydrogens (tertiary/aromatic N) is 1. The zero-order valence-corrected chi connectivity index (χ0v) is 11.8. The second-order valence-electron chi connectivity index (χ2n) is 6.54. The maximum absolute atomic E-state index is 6.74. The van der Waals surface area contributed by atoms with Gasteiger partial charge >= 0.3 is 0 Å². The van der Waals surface area contributed by atoms with E-state index in [-0.39, 0.29) is 11.0 Å². The Labute approximate surface area is 106 Å². The molecule has 2 rings (SSSR count). The van der Waals surface area contributed by atoms with Crippen LogP contribution in [0, 0.1) is 11.3 Å². The number of ether oxygens (including phenoxy) is 1. The fourth-order valence-corrected chi connectivity index (χ4v) is 3.89. The van der Waals surface area contributed by atoms with Gasteiger partial charge in [-0.1, -0.05) is 20.8 Å². The van der Waals surface area contributed by atoms with E-state index in [4.69, 9.17) is 10.5 Å². The molecular weight excluding hydrogens is 212 g/mol. The van der Waals surface area contributed by atoms with Crippen LogP contribution < -0.4 is 5.73 Å². The molecule has 2 fully saturated rings. The molecule has 1 aliphatic carbocycles. The Morgan fingerprint density at radius 1 is 1.41 bits per heavy atom. The summed E-state index contributed by atoms with van der Waals surface area (Å²) >= 11 is 0. The van der Waals surface area contributed by atoms with E-state index in [9.17, 15) is 0 Å². The molecule has 1 aliphatic heterocycles. The van der Waals surface area contributed by atoms with Gasteiger partial charge in [0.05, 0.1) is 6.10 Å². The van der Waals surface area contributed by atoms with Crippen molar-refractivity contribution >= 4 is 0 Å². The predicted molar refractivity (Wildman–Crippen MR) is 71.0 cm³/mol. The quantitative estimate of drug-likeness (QED) is 0.815. The summed E-state index contributed by atoms with van der Waals surface area (Å²) in [7, 11) is 2.19. The summed E-state index contributed by atoms with van der Waals surface area (Å²) in [5, 5.41) is 0. The van der Waals surface area contributed by atoms with Crippen LogP contribution in [0.2, 0.25) is 0 Å². The van der Waals surface area contributed by atoms with Crippen molar-refractivity contribution in [3.63, 3.8) is 0 Å². The maximum Gasteiger partial charge on any atom is 0.0690 e. The highest BCUT2D eigenvalue weighted by atomic mass is 16.5. The molecule has 2 N–H and O–H groups in total. The molecule has 3 unspecified atom stereocenters. The zero-order chi connectivity index (χ0) is 12.7. The van der Waals surface area contributed by atoms with Gasteiger partial charge in [-0.15, -0.1) is 0 Å². The molecule has 0 radical (unpaired) electrons. The van der Waals surface area contributed by atoms with Crippen molar-refractivity contribution in [2.75, 3.05) is 26.7 Å². The fourth-order valence-electron chi connectivity index (χ4n) is 3.89. The fraction of sp³-hybridized carbons (Fsp3) is 1.00. The van der Waals surface area contributed by atoms with Crippen LogP contribution in [-0.4, -0.2) is 43.3 Å². The Morgan fingerprint density at radius 3 is 2.76 bits per heavy atom. The third kappa shape index (κ3) is 1.92. The van der Waals surface area contributed by atoms with Crippen molar-refractivity contribution in [3.05, 3.63) is 0 Å². The average Bonchev–Trinajstić information content (AvgIpc) is 2.29. The summed E-state index contributed by atoms with van der Waals surface area (Å²) in [6, 6.07) is 0. The summed E-state index contributed by atoms with van der Waals surface area (Å²) in [6.45, 7) is 9.83. The highest BCUT2D eigenvalue weighted by molar-refractivity contribution is 5.20. The minimum absolute atomic E-state index is 0.0675. The van der Waals surface area contributed by atoms with E-state index >= 15 is 0 Å². The molecule has 100 valence electrons. The third-order valence-electron chi connectivity index (χ3n) is 5.03. The lowest BCUT2D eigenvalue weighted by Crippen LogP contribution is -2.80. The van der Waals surface area contributed by atoms with E-state index in [1.54, 1.807) is 0 Å². The predicted octanol–water partition coefficient (Wildman–Crippen LogP) is 1.86. The molecule has 2 aliphatic rings. The van der Waals surface area contributed by atoms with Gasteiger partial charge in [0.25, 0.3) is 0 Å². The van der Waals surface area contributed by atoms with Crippen LogP contribution in [0.15, 0.2) is 0 Å². The van der Waals surface area contributed by atoms with Gasteiger partial charge in [-0.25, -0.2) is 0 Å². The SMILES string of the molecule is CCCN(C)CC1(N)C2CCCOC2C1(C)C. The van der Waals surface area contributed by atoms with E-state index in [1.165, 1.54) is 19.3 Å². The van der Waals surface area contributed by atoms with E-state index < -0.39 is 0 Å². The number of hydrogen-bond acceptors (Lipinski definition) is 3. The first kappa shape index (κ1) is 13.3. The highest BCUT2D eigenvalue weighted by Crippen LogP contribution is 2.57. The second-order valence-corrected chi connectivity index (χ2v) is 6.54. The Kier molecular flexibility index (Phi) is 3.54. The van der Waals surface area contributed by atoms with Crippen LogP contribution in [0.1, 0.15) is 40.0 Å². The van der Waals surface area contributed by atoms with Gasteiger partial charge in [0.2, 0.25) is 0 Å². The summed E-state index contributed by atoms with van der Waals surface area (Å²) in [4.78, 5) is 2.38. The largest absolute Gasteiger partial charge is 0.377 e. The second kappa shape index (κ2) is 4.52. The van der Waals surface area contributed by atoms with E-state index in [0.29, 0.717) is 12.0 Å². The van der Waals surface area contributed by atoms with Gasteiger partial charge in [-0.3, -0.25) is 0 Å². The first-order chi connectivity index (χ1) is 7.93. The van der Waals surface area contributed by atoms with Crippen molar-refractivity contribution in [1.82, 2.24) is 4.90 Å². The molecule has 0 amide bonds. The average molecular weight is 240 g/mol. The van der Waals surface area contributed by atoms with Gasteiger partial charge < -0.3 is 15.4 Å². The Morgan fingerprint density at radius 2 is 2.12 bits per heavy atom. The molecule has 0 spiro atoms. The van der Waals surface area contributed by atoms with Gasteiger partial charge in [-0.2, -0.15) is 0 Å². The standard InChI is InChI=1S/C14H28N2O/c1-5-8-16(4)10-14(15)11-7-6-9-17-12(11)13(14,2)3/h11-12H,5-10,15H2,1-4H3. The molecule has 0 bridgehead atoms. The summed E-state index contributed by atoms with van der Waals surface area (Å²) in [5.41, 5.74) is 6.79. The van der Waals surface area contributed by atoms with Crippen LogP contribution in [0.5, 0.6) is 0 Å². The molecule has 0 aromatic carbocycles. The molecule has 17 heavy (non-hydrogen) atoms. The Bertz CT molecular complexity index is 279. The third-order valence-corrected chi connectivity index (χ3v) is 5.03. The number of fused-ring (bicyclic) bond motifs is 1. The Hall–Kier alpha value is -0.120. The van der Waals surface area contributed by atoms with Crippen molar-refractivity contribution in [2.24, 2.45) is 17.1 Å². The molecule has 0 aromatic rings. The number of likely N-dealkylation sites (N-methyl/N-ethyl adjacent to an activating group) is 1. The number of hydrogen-bond donors (Lipinski definition) is 1. The van der Waals surface area contributed by atoms with Crippen LogP contribution in [-0.2, 0) is 4.74 Å². The smallest absolute Gasteiger partial charge is 0.0690 e. The van der Waals surface area contributed by atoms with Crippen LogP contribution >= 0.6 is 0 Å². The minimum atomic E-state index is -0.0675. The van der Waals surface area contributed by atoms with E-state index in [2.05, 4.69) is 32.7 Å². The van der Waals surface area contributed by atoms with Crippen molar-refractivity contribution in [1.29, 1.82) is 0 Å². The monoisotopic (exact) mass is 240 g/mol. The first-order valence-electron chi connectivity index (χ1n) is 7.02. The summed E-state index contributed by atoms with van der Waals surface area (Å²) < 4.78 is 5.93. The lowest BCUT2D eigenvalue weighted by Gasteiger charge is -2.67. The van der Waals surface area contributed by atoms with Crippen LogP contribution in [0.3, 0.4) is 0 Å². The van der Waals surface area contributed by atoms with Gasteiger partial charge in [0, 0.05) is 30.0 Å². The first-order valence-corrected chi connectivity index (χ1v) is 7.02. The van der Waals surface area contributed by atoms with Gasteiger partial charge in [-0.05, 0) is 32.9 Å². The summed E-state index contributed by atoms with van der Waals surface area (Å²) in [6.07, 6.45) is 3.99. The molecule has 1 saturated heterocycles. The Balaban J connectivity index is 2.07. The lowest BCUT2D eigenvalue weighted by atomic mass is 9.46. The number of nitrogens with two attached hydrogens (primary N) is 1. The van der Waals surface area contributed by atoms with Gasteiger partial charge in [0.15, 0.2) is 0 Å². The van der Waals surface area contributed by atoms with E-state index in [1.807, 2.05) is 0 Å². The highest BCUT2D eigenvalue weighted by Gasteiger charge is 2.66.